The van der Waals surface area contributed by atoms with Crippen molar-refractivity contribution in [3.05, 3.63) is 62.8 Å². The third-order valence-corrected chi connectivity index (χ3v) is 4.63. The molecule has 1 aliphatic carbocycles. The van der Waals surface area contributed by atoms with Gasteiger partial charge in [0.25, 0.3) is 5.56 Å². The van der Waals surface area contributed by atoms with Crippen molar-refractivity contribution in [1.82, 2.24) is 15.3 Å². The topological polar surface area (TPSA) is 74.8 Å². The average molecular weight is 325 g/mol. The van der Waals surface area contributed by atoms with Crippen molar-refractivity contribution in [2.24, 2.45) is 0 Å². The summed E-state index contributed by atoms with van der Waals surface area (Å²) in [5.74, 6) is 0.440. The van der Waals surface area contributed by atoms with Crippen LogP contribution in [0.4, 0.5) is 0 Å². The van der Waals surface area contributed by atoms with E-state index in [4.69, 9.17) is 0 Å². The number of aromatic amines is 1. The van der Waals surface area contributed by atoms with Gasteiger partial charge in [-0.3, -0.25) is 9.59 Å². The van der Waals surface area contributed by atoms with Crippen LogP contribution in [0.15, 0.2) is 29.1 Å². The number of hydrogen-bond donors (Lipinski definition) is 2. The second kappa shape index (κ2) is 6.99. The van der Waals surface area contributed by atoms with E-state index in [1.807, 2.05) is 12.1 Å². The van der Waals surface area contributed by atoms with E-state index in [9.17, 15) is 9.59 Å². The Hall–Kier alpha value is -2.43. The molecular formula is C19H23N3O2. The number of benzene rings is 1. The van der Waals surface area contributed by atoms with E-state index in [2.05, 4.69) is 27.4 Å². The van der Waals surface area contributed by atoms with Gasteiger partial charge in [-0.1, -0.05) is 30.7 Å². The maximum atomic E-state index is 12.5. The Morgan fingerprint density at radius 2 is 2.08 bits per heavy atom. The SMILES string of the molecule is Cc1nc(C)c(CC(=O)N[C@@H]2CCCCc3ccccc32)c(=O)[nH]1. The highest BCUT2D eigenvalue weighted by atomic mass is 16.2. The molecule has 5 nitrogen and oxygen atoms in total. The molecule has 0 bridgehead atoms. The molecule has 1 aromatic carbocycles. The molecule has 0 radical (unpaired) electrons. The summed E-state index contributed by atoms with van der Waals surface area (Å²) in [6.07, 6.45) is 4.29. The lowest BCUT2D eigenvalue weighted by molar-refractivity contribution is -0.121. The molecule has 0 unspecified atom stereocenters. The standard InChI is InChI=1S/C19H23N3O2/c1-12-16(19(24)21-13(2)20-12)11-18(23)22-17-10-6-4-8-14-7-3-5-9-15(14)17/h3,5,7,9,17H,4,6,8,10-11H2,1-2H3,(H,22,23)(H,20,21,24)/t17-/m1/s1. The summed E-state index contributed by atoms with van der Waals surface area (Å²) in [7, 11) is 0. The molecule has 1 heterocycles. The lowest BCUT2D eigenvalue weighted by Gasteiger charge is -2.19. The molecule has 0 saturated carbocycles. The molecule has 1 aromatic heterocycles. The summed E-state index contributed by atoms with van der Waals surface area (Å²) >= 11 is 0. The summed E-state index contributed by atoms with van der Waals surface area (Å²) in [4.78, 5) is 31.5. The molecule has 0 saturated heterocycles. The van der Waals surface area contributed by atoms with Gasteiger partial charge in [0.1, 0.15) is 5.82 Å². The molecule has 126 valence electrons. The fourth-order valence-electron chi connectivity index (χ4n) is 3.44. The number of nitrogens with one attached hydrogen (secondary N) is 2. The molecule has 1 atom stereocenters. The highest BCUT2D eigenvalue weighted by Gasteiger charge is 2.21. The van der Waals surface area contributed by atoms with E-state index >= 15 is 0 Å². The van der Waals surface area contributed by atoms with Crippen LogP contribution in [0.1, 0.15) is 53.5 Å². The van der Waals surface area contributed by atoms with Crippen LogP contribution in [0.2, 0.25) is 0 Å². The Balaban J connectivity index is 1.77. The molecule has 1 amide bonds. The van der Waals surface area contributed by atoms with Crippen molar-refractivity contribution < 1.29 is 4.79 Å². The zero-order valence-corrected chi connectivity index (χ0v) is 14.2. The van der Waals surface area contributed by atoms with E-state index < -0.39 is 0 Å². The minimum atomic E-state index is -0.226. The number of aryl methyl sites for hydroxylation is 3. The lowest BCUT2D eigenvalue weighted by atomic mass is 9.99. The molecule has 1 aliphatic rings. The van der Waals surface area contributed by atoms with Crippen molar-refractivity contribution in [3.63, 3.8) is 0 Å². The van der Waals surface area contributed by atoms with E-state index in [0.717, 1.165) is 25.7 Å². The predicted octanol–water partition coefficient (Wildman–Crippen LogP) is 2.51. The van der Waals surface area contributed by atoms with Gasteiger partial charge in [0, 0.05) is 11.3 Å². The van der Waals surface area contributed by atoms with Crippen LogP contribution in [0.25, 0.3) is 0 Å². The van der Waals surface area contributed by atoms with E-state index in [-0.39, 0.29) is 23.9 Å². The minimum absolute atomic E-state index is 0.0222. The van der Waals surface area contributed by atoms with Gasteiger partial charge in [-0.05, 0) is 44.2 Å². The summed E-state index contributed by atoms with van der Waals surface area (Å²) in [5.41, 5.74) is 3.35. The number of fused-ring (bicyclic) bond motifs is 1. The zero-order chi connectivity index (χ0) is 17.1. The smallest absolute Gasteiger partial charge is 0.254 e. The van der Waals surface area contributed by atoms with Crippen molar-refractivity contribution in [1.29, 1.82) is 0 Å². The van der Waals surface area contributed by atoms with Crippen molar-refractivity contribution >= 4 is 5.91 Å². The van der Waals surface area contributed by atoms with Gasteiger partial charge in [-0.25, -0.2) is 4.98 Å². The van der Waals surface area contributed by atoms with Crippen LogP contribution in [0.5, 0.6) is 0 Å². The first kappa shape index (κ1) is 16.4. The van der Waals surface area contributed by atoms with Crippen LogP contribution in [0.3, 0.4) is 0 Å². The van der Waals surface area contributed by atoms with Crippen LogP contribution >= 0.6 is 0 Å². The number of H-pyrrole nitrogens is 1. The van der Waals surface area contributed by atoms with Gasteiger partial charge in [0.05, 0.1) is 12.5 Å². The zero-order valence-electron chi connectivity index (χ0n) is 14.2. The van der Waals surface area contributed by atoms with E-state index in [1.54, 1.807) is 13.8 Å². The van der Waals surface area contributed by atoms with Gasteiger partial charge < -0.3 is 10.3 Å². The molecule has 3 rings (SSSR count). The summed E-state index contributed by atoms with van der Waals surface area (Å²) in [6, 6.07) is 8.32. The number of nitrogens with zero attached hydrogens (tertiary/aromatic N) is 1. The van der Waals surface area contributed by atoms with Gasteiger partial charge in [0.15, 0.2) is 0 Å². The number of carbonyl (C=O) groups is 1. The number of aromatic nitrogens is 2. The quantitative estimate of drug-likeness (QED) is 0.852. The fraction of sp³-hybridized carbons (Fsp3) is 0.421. The Kier molecular flexibility index (Phi) is 4.79. The fourth-order valence-corrected chi connectivity index (χ4v) is 3.44. The second-order valence-electron chi connectivity index (χ2n) is 6.46. The molecular weight excluding hydrogens is 302 g/mol. The van der Waals surface area contributed by atoms with Crippen LogP contribution < -0.4 is 10.9 Å². The van der Waals surface area contributed by atoms with Crippen molar-refractivity contribution in [2.45, 2.75) is 52.0 Å². The largest absolute Gasteiger partial charge is 0.349 e. The second-order valence-corrected chi connectivity index (χ2v) is 6.46. The highest BCUT2D eigenvalue weighted by molar-refractivity contribution is 5.79. The van der Waals surface area contributed by atoms with Crippen LogP contribution in [-0.2, 0) is 17.6 Å². The number of rotatable bonds is 3. The Bertz CT molecular complexity index is 810. The summed E-state index contributed by atoms with van der Waals surface area (Å²) < 4.78 is 0. The molecule has 5 heteroatoms. The van der Waals surface area contributed by atoms with E-state index in [0.29, 0.717) is 17.1 Å². The Labute approximate surface area is 141 Å². The minimum Gasteiger partial charge on any atom is -0.349 e. The Morgan fingerprint density at radius 3 is 2.88 bits per heavy atom. The lowest BCUT2D eigenvalue weighted by Crippen LogP contribution is -2.32. The maximum Gasteiger partial charge on any atom is 0.254 e. The average Bonchev–Trinajstić information content (AvgIpc) is 2.73. The first-order valence-electron chi connectivity index (χ1n) is 8.48. The predicted molar refractivity (Wildman–Crippen MR) is 92.9 cm³/mol. The normalized spacial score (nSPS) is 17.0. The third kappa shape index (κ3) is 3.55. The van der Waals surface area contributed by atoms with Crippen LogP contribution in [0, 0.1) is 13.8 Å². The first-order valence-corrected chi connectivity index (χ1v) is 8.48. The molecule has 0 spiro atoms. The first-order chi connectivity index (χ1) is 11.5. The molecule has 2 aromatic rings. The van der Waals surface area contributed by atoms with E-state index in [1.165, 1.54) is 11.1 Å². The highest BCUT2D eigenvalue weighted by Crippen LogP contribution is 2.28. The molecule has 2 N–H and O–H groups in total. The van der Waals surface area contributed by atoms with Gasteiger partial charge in [0.2, 0.25) is 5.91 Å². The monoisotopic (exact) mass is 325 g/mol. The third-order valence-electron chi connectivity index (χ3n) is 4.63. The molecule has 0 aliphatic heterocycles. The molecule has 24 heavy (non-hydrogen) atoms. The summed E-state index contributed by atoms with van der Waals surface area (Å²) in [5, 5.41) is 3.11. The number of hydrogen-bond acceptors (Lipinski definition) is 3. The number of carbonyl (C=O) groups excluding carboxylic acids is 1. The number of amides is 1. The van der Waals surface area contributed by atoms with Crippen molar-refractivity contribution in [3.8, 4) is 0 Å². The van der Waals surface area contributed by atoms with Crippen LogP contribution in [-0.4, -0.2) is 15.9 Å². The Morgan fingerprint density at radius 1 is 1.29 bits per heavy atom. The molecule has 0 fully saturated rings. The van der Waals surface area contributed by atoms with Gasteiger partial charge in [-0.2, -0.15) is 0 Å². The van der Waals surface area contributed by atoms with Gasteiger partial charge in [-0.15, -0.1) is 0 Å². The van der Waals surface area contributed by atoms with Gasteiger partial charge >= 0.3 is 0 Å². The summed E-state index contributed by atoms with van der Waals surface area (Å²) in [6.45, 7) is 3.51. The van der Waals surface area contributed by atoms with Crippen molar-refractivity contribution in [2.75, 3.05) is 0 Å². The maximum absolute atomic E-state index is 12.5.